The normalized spacial score (nSPS) is 26.8. The van der Waals surface area contributed by atoms with Crippen LogP contribution in [0.4, 0.5) is 0 Å². The molecular formula is C9H15NO3. The monoisotopic (exact) mass is 185 g/mol. The Bertz CT molecular complexity index is 225. The van der Waals surface area contributed by atoms with Crippen LogP contribution in [0, 0.1) is 5.92 Å². The van der Waals surface area contributed by atoms with Crippen molar-refractivity contribution in [2.45, 2.75) is 26.3 Å². The number of methoxy groups -OCH3 is 1. The van der Waals surface area contributed by atoms with E-state index in [0.717, 1.165) is 0 Å². The average molecular weight is 185 g/mol. The third-order valence-electron chi connectivity index (χ3n) is 2.05. The minimum absolute atomic E-state index is 0.222. The van der Waals surface area contributed by atoms with Crippen LogP contribution in [-0.4, -0.2) is 31.6 Å². The Kier molecular flexibility index (Phi) is 3.28. The molecule has 2 atom stereocenters. The van der Waals surface area contributed by atoms with Gasteiger partial charge in [-0.1, -0.05) is 6.92 Å². The van der Waals surface area contributed by atoms with E-state index in [4.69, 9.17) is 9.47 Å². The molecule has 2 unspecified atom stereocenters. The summed E-state index contributed by atoms with van der Waals surface area (Å²) in [5, 5.41) is 0. The quantitative estimate of drug-likeness (QED) is 0.603. The Labute approximate surface area is 77.9 Å². The van der Waals surface area contributed by atoms with Crippen LogP contribution < -0.4 is 0 Å². The van der Waals surface area contributed by atoms with Gasteiger partial charge in [0.15, 0.2) is 11.9 Å². The molecule has 4 heteroatoms. The van der Waals surface area contributed by atoms with Crippen molar-refractivity contribution in [3.05, 3.63) is 0 Å². The van der Waals surface area contributed by atoms with Crippen LogP contribution in [0.2, 0.25) is 0 Å². The number of nitrogens with zero attached hydrogens (tertiary/aromatic N) is 1. The number of carbonyl (C=O) groups excluding carboxylic acids is 1. The Morgan fingerprint density at radius 3 is 2.85 bits per heavy atom. The fraction of sp³-hybridized carbons (Fsp3) is 0.778. The Morgan fingerprint density at radius 2 is 2.38 bits per heavy atom. The molecule has 0 saturated heterocycles. The van der Waals surface area contributed by atoms with Crippen LogP contribution in [0.1, 0.15) is 20.3 Å². The van der Waals surface area contributed by atoms with E-state index in [0.29, 0.717) is 18.9 Å². The molecule has 0 radical (unpaired) electrons. The van der Waals surface area contributed by atoms with E-state index in [1.807, 2.05) is 6.92 Å². The summed E-state index contributed by atoms with van der Waals surface area (Å²) in [6.07, 6.45) is 0.696. The van der Waals surface area contributed by atoms with Crippen LogP contribution in [0.5, 0.6) is 0 Å². The Balaban J connectivity index is 2.56. The fourth-order valence-electron chi connectivity index (χ4n) is 1.41. The molecule has 0 saturated carbocycles. The minimum Gasteiger partial charge on any atom is -0.484 e. The van der Waals surface area contributed by atoms with Crippen molar-refractivity contribution in [2.75, 3.05) is 13.7 Å². The molecular weight excluding hydrogens is 170 g/mol. The summed E-state index contributed by atoms with van der Waals surface area (Å²) in [5.41, 5.74) is 0. The summed E-state index contributed by atoms with van der Waals surface area (Å²) in [6.45, 7) is 4.18. The molecule has 0 amide bonds. The zero-order valence-corrected chi connectivity index (χ0v) is 8.24. The van der Waals surface area contributed by atoms with Crippen molar-refractivity contribution in [3.63, 3.8) is 0 Å². The van der Waals surface area contributed by atoms with Gasteiger partial charge in [-0.25, -0.2) is 9.79 Å². The van der Waals surface area contributed by atoms with Crippen LogP contribution in [0.15, 0.2) is 4.99 Å². The smallest absolute Gasteiger partial charge is 0.331 e. The topological polar surface area (TPSA) is 47.9 Å². The van der Waals surface area contributed by atoms with Gasteiger partial charge in [0.1, 0.15) is 0 Å². The second-order valence-corrected chi connectivity index (χ2v) is 3.08. The van der Waals surface area contributed by atoms with Crippen molar-refractivity contribution in [1.82, 2.24) is 0 Å². The third kappa shape index (κ3) is 2.20. The summed E-state index contributed by atoms with van der Waals surface area (Å²) in [5.74, 6) is 0.624. The first-order valence-electron chi connectivity index (χ1n) is 4.47. The highest BCUT2D eigenvalue weighted by molar-refractivity contribution is 5.87. The lowest BCUT2D eigenvalue weighted by Gasteiger charge is -2.05. The first-order chi connectivity index (χ1) is 6.19. The number of esters is 1. The second kappa shape index (κ2) is 4.25. The number of hydrogen-bond donors (Lipinski definition) is 0. The van der Waals surface area contributed by atoms with Crippen molar-refractivity contribution in [2.24, 2.45) is 10.9 Å². The highest BCUT2D eigenvalue weighted by atomic mass is 16.5. The van der Waals surface area contributed by atoms with E-state index in [2.05, 4.69) is 4.99 Å². The maximum absolute atomic E-state index is 11.3. The van der Waals surface area contributed by atoms with Gasteiger partial charge < -0.3 is 9.47 Å². The fourth-order valence-corrected chi connectivity index (χ4v) is 1.41. The molecule has 0 aromatic heterocycles. The van der Waals surface area contributed by atoms with Gasteiger partial charge >= 0.3 is 5.97 Å². The van der Waals surface area contributed by atoms with Crippen molar-refractivity contribution in [3.8, 4) is 0 Å². The minimum atomic E-state index is -0.357. The predicted octanol–water partition coefficient (Wildman–Crippen LogP) is 1.00. The third-order valence-corrected chi connectivity index (χ3v) is 2.05. The van der Waals surface area contributed by atoms with Crippen LogP contribution in [0.3, 0.4) is 0 Å². The summed E-state index contributed by atoms with van der Waals surface area (Å²) < 4.78 is 9.89. The summed E-state index contributed by atoms with van der Waals surface area (Å²) in [7, 11) is 1.57. The molecule has 0 bridgehead atoms. The van der Waals surface area contributed by atoms with Gasteiger partial charge in [-0.15, -0.1) is 0 Å². The SMILES string of the molecule is CCOC(=O)C1CC(C)C(OC)=N1. The summed E-state index contributed by atoms with van der Waals surface area (Å²) >= 11 is 0. The molecule has 1 aliphatic rings. The number of aliphatic imine (C=N–C) groups is 1. The van der Waals surface area contributed by atoms with Gasteiger partial charge in [-0.2, -0.15) is 0 Å². The van der Waals surface area contributed by atoms with E-state index < -0.39 is 0 Å². The van der Waals surface area contributed by atoms with E-state index in [-0.39, 0.29) is 17.9 Å². The lowest BCUT2D eigenvalue weighted by molar-refractivity contribution is -0.144. The van der Waals surface area contributed by atoms with E-state index in [1.165, 1.54) is 0 Å². The molecule has 0 fully saturated rings. The van der Waals surface area contributed by atoms with Crippen LogP contribution in [-0.2, 0) is 14.3 Å². The zero-order chi connectivity index (χ0) is 9.84. The molecule has 1 aliphatic heterocycles. The Morgan fingerprint density at radius 1 is 1.69 bits per heavy atom. The van der Waals surface area contributed by atoms with Crippen LogP contribution >= 0.6 is 0 Å². The number of hydrogen-bond acceptors (Lipinski definition) is 4. The molecule has 13 heavy (non-hydrogen) atoms. The van der Waals surface area contributed by atoms with Gasteiger partial charge in [-0.3, -0.25) is 0 Å². The number of ether oxygens (including phenoxy) is 2. The summed E-state index contributed by atoms with van der Waals surface area (Å²) in [6, 6.07) is -0.357. The molecule has 0 aromatic carbocycles. The molecule has 1 rings (SSSR count). The molecule has 0 aromatic rings. The van der Waals surface area contributed by atoms with E-state index in [1.54, 1.807) is 14.0 Å². The summed E-state index contributed by atoms with van der Waals surface area (Å²) in [4.78, 5) is 15.4. The van der Waals surface area contributed by atoms with Crippen molar-refractivity contribution in [1.29, 1.82) is 0 Å². The van der Waals surface area contributed by atoms with Crippen molar-refractivity contribution >= 4 is 11.9 Å². The molecule has 0 spiro atoms. The van der Waals surface area contributed by atoms with E-state index in [9.17, 15) is 4.79 Å². The molecule has 74 valence electrons. The average Bonchev–Trinajstić information content (AvgIpc) is 2.47. The highest BCUT2D eigenvalue weighted by Crippen LogP contribution is 2.21. The first-order valence-corrected chi connectivity index (χ1v) is 4.47. The zero-order valence-electron chi connectivity index (χ0n) is 8.24. The molecule has 0 aliphatic carbocycles. The second-order valence-electron chi connectivity index (χ2n) is 3.08. The standard InChI is InChI=1S/C9H15NO3/c1-4-13-9(11)7-5-6(2)8(10-7)12-3/h6-7H,4-5H2,1-3H3. The van der Waals surface area contributed by atoms with Gasteiger partial charge in [0.05, 0.1) is 13.7 Å². The van der Waals surface area contributed by atoms with Gasteiger partial charge in [0.25, 0.3) is 0 Å². The molecule has 4 nitrogen and oxygen atoms in total. The van der Waals surface area contributed by atoms with Crippen LogP contribution in [0.25, 0.3) is 0 Å². The largest absolute Gasteiger partial charge is 0.484 e. The van der Waals surface area contributed by atoms with Gasteiger partial charge in [0, 0.05) is 5.92 Å². The molecule has 0 N–H and O–H groups in total. The number of carbonyl (C=O) groups is 1. The lowest BCUT2D eigenvalue weighted by atomic mass is 10.1. The van der Waals surface area contributed by atoms with Gasteiger partial charge in [-0.05, 0) is 13.3 Å². The van der Waals surface area contributed by atoms with E-state index >= 15 is 0 Å². The number of rotatable bonds is 2. The maximum Gasteiger partial charge on any atom is 0.331 e. The predicted molar refractivity (Wildman–Crippen MR) is 48.6 cm³/mol. The van der Waals surface area contributed by atoms with Crippen molar-refractivity contribution < 1.29 is 14.3 Å². The molecule has 1 heterocycles. The first kappa shape index (κ1) is 10.0. The maximum atomic E-state index is 11.3. The highest BCUT2D eigenvalue weighted by Gasteiger charge is 2.31. The Hall–Kier alpha value is -1.06. The van der Waals surface area contributed by atoms with Gasteiger partial charge in [0.2, 0.25) is 0 Å². The lowest BCUT2D eigenvalue weighted by Crippen LogP contribution is -2.19.